The van der Waals surface area contributed by atoms with Gasteiger partial charge in [0.05, 0.1) is 21.2 Å². The molecule has 6 nitrogen and oxygen atoms in total. The molecule has 0 aliphatic carbocycles. The lowest BCUT2D eigenvalue weighted by atomic mass is 10.1. The second-order valence-electron chi connectivity index (χ2n) is 4.60. The SMILES string of the molecule is CNCc1c(Br)c(-c2ccc3[nH]c(=O)[nH]c3c2)nn1C. The molecule has 3 N–H and O–H groups in total. The van der Waals surface area contributed by atoms with Gasteiger partial charge in [0, 0.05) is 19.2 Å². The third-order valence-corrected chi connectivity index (χ3v) is 4.07. The van der Waals surface area contributed by atoms with Crippen LogP contribution < -0.4 is 11.0 Å². The fraction of sp³-hybridized carbons (Fsp3) is 0.231. The van der Waals surface area contributed by atoms with Crippen molar-refractivity contribution in [2.24, 2.45) is 7.05 Å². The Morgan fingerprint density at radius 2 is 2.10 bits per heavy atom. The quantitative estimate of drug-likeness (QED) is 0.682. The summed E-state index contributed by atoms with van der Waals surface area (Å²) in [5, 5.41) is 7.66. The number of halogens is 1. The van der Waals surface area contributed by atoms with Crippen LogP contribution >= 0.6 is 15.9 Å². The molecule has 2 heterocycles. The summed E-state index contributed by atoms with van der Waals surface area (Å²) in [5.41, 5.74) is 4.26. The Balaban J connectivity index is 2.15. The van der Waals surface area contributed by atoms with Crippen LogP contribution in [0.15, 0.2) is 27.5 Å². The van der Waals surface area contributed by atoms with Crippen LogP contribution in [0.3, 0.4) is 0 Å². The summed E-state index contributed by atoms with van der Waals surface area (Å²) in [4.78, 5) is 16.8. The Bertz CT molecular complexity index is 829. The predicted molar refractivity (Wildman–Crippen MR) is 81.6 cm³/mol. The zero-order valence-electron chi connectivity index (χ0n) is 11.1. The number of H-pyrrole nitrogens is 2. The van der Waals surface area contributed by atoms with Crippen LogP contribution in [0.25, 0.3) is 22.3 Å². The number of aromatic nitrogens is 4. The first-order valence-corrected chi connectivity index (χ1v) is 6.98. The Kier molecular flexibility index (Phi) is 3.23. The molecular weight excluding hydrogens is 322 g/mol. The highest BCUT2D eigenvalue weighted by Gasteiger charge is 2.15. The standard InChI is InChI=1S/C13H14BrN5O/c1-15-6-10-11(14)12(18-19(10)2)7-3-4-8-9(5-7)17-13(20)16-8/h3-5,15H,6H2,1-2H3,(H2,16,17,20). The molecule has 2 aromatic heterocycles. The number of rotatable bonds is 3. The van der Waals surface area contributed by atoms with Gasteiger partial charge in [0.1, 0.15) is 5.69 Å². The van der Waals surface area contributed by atoms with E-state index in [4.69, 9.17) is 0 Å². The minimum absolute atomic E-state index is 0.201. The molecule has 0 saturated heterocycles. The van der Waals surface area contributed by atoms with Crippen LogP contribution in [0, 0.1) is 0 Å². The molecule has 3 rings (SSSR count). The van der Waals surface area contributed by atoms with Crippen molar-refractivity contribution in [3.8, 4) is 11.3 Å². The largest absolute Gasteiger partial charge is 0.323 e. The van der Waals surface area contributed by atoms with Gasteiger partial charge in [0.2, 0.25) is 0 Å². The van der Waals surface area contributed by atoms with Crippen LogP contribution in [0.1, 0.15) is 5.69 Å². The molecule has 0 fully saturated rings. The molecule has 0 saturated carbocycles. The molecular formula is C13H14BrN5O. The van der Waals surface area contributed by atoms with Crippen LogP contribution in [0.2, 0.25) is 0 Å². The molecule has 0 bridgehead atoms. The molecule has 7 heteroatoms. The van der Waals surface area contributed by atoms with E-state index < -0.39 is 0 Å². The maximum absolute atomic E-state index is 11.3. The van der Waals surface area contributed by atoms with E-state index in [0.29, 0.717) is 0 Å². The summed E-state index contributed by atoms with van der Waals surface area (Å²) < 4.78 is 2.81. The van der Waals surface area contributed by atoms with Crippen LogP contribution in [0.5, 0.6) is 0 Å². The fourth-order valence-corrected chi connectivity index (χ4v) is 2.96. The Morgan fingerprint density at radius 1 is 1.35 bits per heavy atom. The smallest absolute Gasteiger partial charge is 0.314 e. The number of aromatic amines is 2. The highest BCUT2D eigenvalue weighted by molar-refractivity contribution is 9.10. The molecule has 0 aliphatic heterocycles. The molecule has 0 radical (unpaired) electrons. The van der Waals surface area contributed by atoms with E-state index in [9.17, 15) is 4.79 Å². The van der Waals surface area contributed by atoms with Crippen molar-refractivity contribution in [2.45, 2.75) is 6.54 Å². The first-order valence-electron chi connectivity index (χ1n) is 6.18. The van der Waals surface area contributed by atoms with E-state index in [0.717, 1.165) is 39.0 Å². The molecule has 3 aromatic rings. The summed E-state index contributed by atoms with van der Waals surface area (Å²) in [6.07, 6.45) is 0. The van der Waals surface area contributed by atoms with Crippen molar-refractivity contribution in [1.29, 1.82) is 0 Å². The minimum atomic E-state index is -0.201. The van der Waals surface area contributed by atoms with Gasteiger partial charge in [-0.2, -0.15) is 5.10 Å². The fourth-order valence-electron chi connectivity index (χ4n) is 2.26. The van der Waals surface area contributed by atoms with E-state index in [1.165, 1.54) is 0 Å². The summed E-state index contributed by atoms with van der Waals surface area (Å²) in [6.45, 7) is 0.729. The summed E-state index contributed by atoms with van der Waals surface area (Å²) in [5.74, 6) is 0. The molecule has 104 valence electrons. The highest BCUT2D eigenvalue weighted by atomic mass is 79.9. The predicted octanol–water partition coefficient (Wildman–Crippen LogP) is 1.74. The average Bonchev–Trinajstić information content (AvgIpc) is 2.91. The molecule has 0 amide bonds. The van der Waals surface area contributed by atoms with Crippen molar-refractivity contribution in [3.63, 3.8) is 0 Å². The van der Waals surface area contributed by atoms with Crippen LogP contribution in [0.4, 0.5) is 0 Å². The lowest BCUT2D eigenvalue weighted by molar-refractivity contribution is 0.671. The number of benzene rings is 1. The third-order valence-electron chi connectivity index (χ3n) is 3.24. The number of nitrogens with one attached hydrogen (secondary N) is 3. The highest BCUT2D eigenvalue weighted by Crippen LogP contribution is 2.31. The van der Waals surface area contributed by atoms with E-state index >= 15 is 0 Å². The van der Waals surface area contributed by atoms with Crippen molar-refractivity contribution in [2.75, 3.05) is 7.05 Å². The molecule has 0 atom stereocenters. The molecule has 1 aromatic carbocycles. The van der Waals surface area contributed by atoms with Gasteiger partial charge in [0.25, 0.3) is 0 Å². The maximum atomic E-state index is 11.3. The number of fused-ring (bicyclic) bond motifs is 1. The van der Waals surface area contributed by atoms with Gasteiger partial charge in [-0.25, -0.2) is 4.79 Å². The number of nitrogens with zero attached hydrogens (tertiary/aromatic N) is 2. The van der Waals surface area contributed by atoms with E-state index in [1.54, 1.807) is 0 Å². The van der Waals surface area contributed by atoms with Crippen molar-refractivity contribution >= 4 is 27.0 Å². The zero-order chi connectivity index (χ0) is 14.3. The van der Waals surface area contributed by atoms with Gasteiger partial charge in [-0.1, -0.05) is 6.07 Å². The summed E-state index contributed by atoms with van der Waals surface area (Å²) >= 11 is 3.61. The van der Waals surface area contributed by atoms with Gasteiger partial charge in [-0.3, -0.25) is 4.68 Å². The number of aryl methyl sites for hydroxylation is 1. The van der Waals surface area contributed by atoms with Gasteiger partial charge in [-0.05, 0) is 35.1 Å². The maximum Gasteiger partial charge on any atom is 0.323 e. The van der Waals surface area contributed by atoms with Crippen LogP contribution in [-0.4, -0.2) is 26.8 Å². The lowest BCUT2D eigenvalue weighted by Crippen LogP contribution is -2.10. The van der Waals surface area contributed by atoms with Crippen molar-refractivity contribution < 1.29 is 0 Å². The number of imidazole rings is 1. The second kappa shape index (κ2) is 4.92. The third kappa shape index (κ3) is 2.08. The Morgan fingerprint density at radius 3 is 2.85 bits per heavy atom. The van der Waals surface area contributed by atoms with Crippen molar-refractivity contribution in [3.05, 3.63) is 38.9 Å². The monoisotopic (exact) mass is 335 g/mol. The van der Waals surface area contributed by atoms with Crippen molar-refractivity contribution in [1.82, 2.24) is 25.1 Å². The molecule has 0 aliphatic rings. The van der Waals surface area contributed by atoms with Gasteiger partial charge >= 0.3 is 5.69 Å². The molecule has 0 spiro atoms. The van der Waals surface area contributed by atoms with E-state index in [-0.39, 0.29) is 5.69 Å². The summed E-state index contributed by atoms with van der Waals surface area (Å²) in [7, 11) is 3.81. The molecule has 20 heavy (non-hydrogen) atoms. The average molecular weight is 336 g/mol. The first kappa shape index (κ1) is 13.1. The first-order chi connectivity index (χ1) is 9.60. The molecule has 0 unspecified atom stereocenters. The Hall–Kier alpha value is -1.86. The van der Waals surface area contributed by atoms with Gasteiger partial charge in [0.15, 0.2) is 0 Å². The van der Waals surface area contributed by atoms with E-state index in [1.807, 2.05) is 37.0 Å². The topological polar surface area (TPSA) is 78.5 Å². The lowest BCUT2D eigenvalue weighted by Gasteiger charge is -2.00. The number of hydrogen-bond acceptors (Lipinski definition) is 3. The minimum Gasteiger partial charge on any atom is -0.314 e. The van der Waals surface area contributed by atoms with Gasteiger partial charge in [-0.15, -0.1) is 0 Å². The van der Waals surface area contributed by atoms with E-state index in [2.05, 4.69) is 36.3 Å². The number of hydrogen-bond donors (Lipinski definition) is 3. The zero-order valence-corrected chi connectivity index (χ0v) is 12.7. The Labute approximate surface area is 123 Å². The normalized spacial score (nSPS) is 11.3. The van der Waals surface area contributed by atoms with Gasteiger partial charge < -0.3 is 15.3 Å². The second-order valence-corrected chi connectivity index (χ2v) is 5.40. The summed E-state index contributed by atoms with van der Waals surface area (Å²) in [6, 6.07) is 5.74. The van der Waals surface area contributed by atoms with Crippen LogP contribution in [-0.2, 0) is 13.6 Å².